The molecule has 0 aromatic heterocycles. The second-order valence-corrected chi connectivity index (χ2v) is 8.71. The van der Waals surface area contributed by atoms with Gasteiger partial charge >= 0.3 is 11.9 Å². The molecule has 1 fully saturated rings. The van der Waals surface area contributed by atoms with Crippen LogP contribution in [0.2, 0.25) is 0 Å². The molecular formula is C27H34N2O4. The van der Waals surface area contributed by atoms with Crippen LogP contribution in [0.3, 0.4) is 0 Å². The van der Waals surface area contributed by atoms with Crippen molar-refractivity contribution in [2.75, 3.05) is 11.5 Å². The topological polar surface area (TPSA) is 105 Å². The summed E-state index contributed by atoms with van der Waals surface area (Å²) in [5.41, 5.74) is 14.6. The summed E-state index contributed by atoms with van der Waals surface area (Å²) in [6.07, 6.45) is 11.0. The standard InChI is InChI=1S/C27H34N2O4/c1-2-3-4-19-7-14-24(15-8-19)33-27(31)21-10-5-20(6-11-21)9-16-26(30)32-18-22-12-13-23(28)17-25(22)29/h5-6,9-13,16-17,19,24H,2-4,7-8,14-15,18,28-29H2,1H3/b16-9+. The quantitative estimate of drug-likeness (QED) is 0.296. The summed E-state index contributed by atoms with van der Waals surface area (Å²) in [5.74, 6) is 0.00814. The van der Waals surface area contributed by atoms with Crippen molar-refractivity contribution in [1.29, 1.82) is 0 Å². The van der Waals surface area contributed by atoms with Gasteiger partial charge in [0.2, 0.25) is 0 Å². The Morgan fingerprint density at radius 2 is 1.76 bits per heavy atom. The number of nitrogens with two attached hydrogens (primary N) is 2. The van der Waals surface area contributed by atoms with Crippen molar-refractivity contribution in [3.8, 4) is 0 Å². The number of unbranched alkanes of at least 4 members (excludes halogenated alkanes) is 1. The zero-order chi connectivity index (χ0) is 23.6. The second-order valence-electron chi connectivity index (χ2n) is 8.71. The van der Waals surface area contributed by atoms with Gasteiger partial charge in [-0.3, -0.25) is 0 Å². The van der Waals surface area contributed by atoms with Crippen molar-refractivity contribution in [1.82, 2.24) is 0 Å². The molecule has 0 radical (unpaired) electrons. The van der Waals surface area contributed by atoms with E-state index in [-0.39, 0.29) is 18.7 Å². The first kappa shape index (κ1) is 24.4. The minimum atomic E-state index is -0.482. The Labute approximate surface area is 195 Å². The first-order chi connectivity index (χ1) is 15.9. The second kappa shape index (κ2) is 12.1. The highest BCUT2D eigenvalue weighted by atomic mass is 16.5. The summed E-state index contributed by atoms with van der Waals surface area (Å²) in [6.45, 7) is 2.29. The molecule has 0 bridgehead atoms. The molecule has 0 saturated heterocycles. The summed E-state index contributed by atoms with van der Waals surface area (Å²) in [4.78, 5) is 24.5. The highest BCUT2D eigenvalue weighted by Crippen LogP contribution is 2.30. The van der Waals surface area contributed by atoms with Crippen LogP contribution in [0, 0.1) is 5.92 Å². The molecule has 6 nitrogen and oxygen atoms in total. The van der Waals surface area contributed by atoms with Crippen LogP contribution in [0.5, 0.6) is 0 Å². The molecule has 0 aliphatic heterocycles. The van der Waals surface area contributed by atoms with Gasteiger partial charge in [-0.2, -0.15) is 0 Å². The van der Waals surface area contributed by atoms with Crippen molar-refractivity contribution >= 4 is 29.4 Å². The van der Waals surface area contributed by atoms with Gasteiger partial charge in [-0.15, -0.1) is 0 Å². The maximum atomic E-state index is 12.5. The summed E-state index contributed by atoms with van der Waals surface area (Å²) in [5, 5.41) is 0. The normalized spacial score (nSPS) is 18.2. The van der Waals surface area contributed by atoms with Gasteiger partial charge in [0, 0.05) is 23.0 Å². The van der Waals surface area contributed by atoms with Crippen molar-refractivity contribution < 1.29 is 19.1 Å². The van der Waals surface area contributed by atoms with E-state index in [0.29, 0.717) is 22.5 Å². The van der Waals surface area contributed by atoms with Gasteiger partial charge in [0.15, 0.2) is 0 Å². The molecule has 1 saturated carbocycles. The molecular weight excluding hydrogens is 416 g/mol. The van der Waals surface area contributed by atoms with E-state index in [1.807, 2.05) is 0 Å². The van der Waals surface area contributed by atoms with Crippen LogP contribution < -0.4 is 11.5 Å². The van der Waals surface area contributed by atoms with Crippen LogP contribution in [0.1, 0.15) is 73.4 Å². The van der Waals surface area contributed by atoms with Gasteiger partial charge in [0.25, 0.3) is 0 Å². The minimum Gasteiger partial charge on any atom is -0.459 e. The Hall–Kier alpha value is -3.28. The van der Waals surface area contributed by atoms with E-state index in [9.17, 15) is 9.59 Å². The Morgan fingerprint density at radius 1 is 1.03 bits per heavy atom. The summed E-state index contributed by atoms with van der Waals surface area (Å²) < 4.78 is 10.9. The highest BCUT2D eigenvalue weighted by Gasteiger charge is 2.24. The van der Waals surface area contributed by atoms with E-state index >= 15 is 0 Å². The molecule has 1 aliphatic rings. The highest BCUT2D eigenvalue weighted by molar-refractivity contribution is 5.90. The Balaban J connectivity index is 1.44. The molecule has 0 unspecified atom stereocenters. The van der Waals surface area contributed by atoms with Crippen LogP contribution in [-0.2, 0) is 20.9 Å². The lowest BCUT2D eigenvalue weighted by Crippen LogP contribution is -2.24. The number of carbonyl (C=O) groups is 2. The minimum absolute atomic E-state index is 0.0137. The fourth-order valence-electron chi connectivity index (χ4n) is 4.09. The monoisotopic (exact) mass is 450 g/mol. The predicted octanol–water partition coefficient (Wildman–Crippen LogP) is 5.51. The number of anilines is 2. The fraction of sp³-hybridized carbons (Fsp3) is 0.407. The number of hydrogen-bond donors (Lipinski definition) is 2. The van der Waals surface area contributed by atoms with Gasteiger partial charge in [-0.25, -0.2) is 9.59 Å². The lowest BCUT2D eigenvalue weighted by Gasteiger charge is -2.28. The number of rotatable bonds is 9. The number of esters is 2. The number of benzene rings is 2. The molecule has 2 aromatic rings. The number of carbonyl (C=O) groups excluding carboxylic acids is 2. The van der Waals surface area contributed by atoms with Crippen molar-refractivity contribution in [2.24, 2.45) is 5.92 Å². The molecule has 0 heterocycles. The average Bonchev–Trinajstić information content (AvgIpc) is 2.82. The third-order valence-corrected chi connectivity index (χ3v) is 6.13. The van der Waals surface area contributed by atoms with Gasteiger partial charge in [-0.05, 0) is 67.5 Å². The zero-order valence-corrected chi connectivity index (χ0v) is 19.3. The first-order valence-electron chi connectivity index (χ1n) is 11.7. The summed E-state index contributed by atoms with van der Waals surface area (Å²) in [6, 6.07) is 12.1. The van der Waals surface area contributed by atoms with E-state index < -0.39 is 5.97 Å². The van der Waals surface area contributed by atoms with Crippen LogP contribution in [0.25, 0.3) is 6.08 Å². The van der Waals surface area contributed by atoms with Gasteiger partial charge in [0.1, 0.15) is 12.7 Å². The fourth-order valence-corrected chi connectivity index (χ4v) is 4.09. The molecule has 2 aromatic carbocycles. The molecule has 3 rings (SSSR count). The molecule has 176 valence electrons. The summed E-state index contributed by atoms with van der Waals surface area (Å²) in [7, 11) is 0. The van der Waals surface area contributed by atoms with E-state index in [4.69, 9.17) is 20.9 Å². The van der Waals surface area contributed by atoms with E-state index in [1.54, 1.807) is 48.5 Å². The van der Waals surface area contributed by atoms with Crippen molar-refractivity contribution in [2.45, 2.75) is 64.6 Å². The molecule has 4 N–H and O–H groups in total. The largest absolute Gasteiger partial charge is 0.459 e. The van der Waals surface area contributed by atoms with E-state index in [2.05, 4.69) is 6.92 Å². The van der Waals surface area contributed by atoms with Gasteiger partial charge in [-0.1, -0.05) is 44.4 Å². The SMILES string of the molecule is CCCCC1CCC(OC(=O)c2ccc(/C=C/C(=O)OCc3ccc(N)cc3N)cc2)CC1. The summed E-state index contributed by atoms with van der Waals surface area (Å²) >= 11 is 0. The first-order valence-corrected chi connectivity index (χ1v) is 11.7. The van der Waals surface area contributed by atoms with Crippen molar-refractivity contribution in [3.05, 3.63) is 65.2 Å². The van der Waals surface area contributed by atoms with Crippen molar-refractivity contribution in [3.63, 3.8) is 0 Å². The molecule has 1 aliphatic carbocycles. The van der Waals surface area contributed by atoms with E-state index in [1.165, 1.54) is 25.3 Å². The molecule has 0 atom stereocenters. The lowest BCUT2D eigenvalue weighted by molar-refractivity contribution is -0.138. The number of nitrogen functional groups attached to an aromatic ring is 2. The van der Waals surface area contributed by atoms with E-state index in [0.717, 1.165) is 37.2 Å². The lowest BCUT2D eigenvalue weighted by atomic mass is 9.84. The number of ether oxygens (including phenoxy) is 2. The number of hydrogen-bond acceptors (Lipinski definition) is 6. The molecule has 33 heavy (non-hydrogen) atoms. The van der Waals surface area contributed by atoms with Crippen LogP contribution >= 0.6 is 0 Å². The Kier molecular flexibility index (Phi) is 8.93. The van der Waals surface area contributed by atoms with Crippen LogP contribution in [-0.4, -0.2) is 18.0 Å². The van der Waals surface area contributed by atoms with Gasteiger partial charge < -0.3 is 20.9 Å². The van der Waals surface area contributed by atoms with Crippen LogP contribution in [0.4, 0.5) is 11.4 Å². The molecule has 0 amide bonds. The predicted molar refractivity (Wildman–Crippen MR) is 131 cm³/mol. The van der Waals surface area contributed by atoms with Gasteiger partial charge in [0.05, 0.1) is 5.56 Å². The molecule has 0 spiro atoms. The zero-order valence-electron chi connectivity index (χ0n) is 19.3. The average molecular weight is 451 g/mol. The molecule has 6 heteroatoms. The maximum Gasteiger partial charge on any atom is 0.338 e. The smallest absolute Gasteiger partial charge is 0.338 e. The Bertz CT molecular complexity index is 961. The maximum absolute atomic E-state index is 12.5. The Morgan fingerprint density at radius 3 is 2.42 bits per heavy atom. The third kappa shape index (κ3) is 7.67. The van der Waals surface area contributed by atoms with Crippen LogP contribution in [0.15, 0.2) is 48.5 Å². The third-order valence-electron chi connectivity index (χ3n) is 6.13.